The fraction of sp³-hybridized carbons (Fsp3) is 0.750. The van der Waals surface area contributed by atoms with Gasteiger partial charge in [-0.15, -0.1) is 0 Å². The Morgan fingerprint density at radius 3 is 2.47 bits per heavy atom. The van der Waals surface area contributed by atoms with E-state index in [1.165, 1.54) is 25.7 Å². The molecule has 2 rings (SSSR count). The van der Waals surface area contributed by atoms with Gasteiger partial charge in [-0.3, -0.25) is 0 Å². The standard InChI is InChI=1S/C12H20N2O/c1-8(2)9-3-5-10(6-4-9)11-7-12(13)15-14-11/h7-10H,3-6,13H2,1-2H3. The average molecular weight is 208 g/mol. The number of rotatable bonds is 2. The molecule has 0 aliphatic heterocycles. The van der Waals surface area contributed by atoms with E-state index in [1.54, 1.807) is 0 Å². The second-order valence-corrected chi connectivity index (χ2v) is 5.01. The van der Waals surface area contributed by atoms with Crippen molar-refractivity contribution in [2.45, 2.75) is 45.4 Å². The van der Waals surface area contributed by atoms with Crippen LogP contribution in [0.25, 0.3) is 0 Å². The van der Waals surface area contributed by atoms with Crippen LogP contribution in [0.1, 0.15) is 51.1 Å². The van der Waals surface area contributed by atoms with Gasteiger partial charge in [0, 0.05) is 12.0 Å². The molecule has 1 aromatic rings. The molecule has 0 aromatic carbocycles. The first kappa shape index (κ1) is 10.5. The SMILES string of the molecule is CC(C)C1CCC(c2cc(N)on2)CC1. The molecular weight excluding hydrogens is 188 g/mol. The lowest BCUT2D eigenvalue weighted by Gasteiger charge is -2.29. The van der Waals surface area contributed by atoms with Crippen molar-refractivity contribution in [3.63, 3.8) is 0 Å². The summed E-state index contributed by atoms with van der Waals surface area (Å²) in [6.45, 7) is 4.64. The van der Waals surface area contributed by atoms with E-state index < -0.39 is 0 Å². The summed E-state index contributed by atoms with van der Waals surface area (Å²) in [4.78, 5) is 0. The van der Waals surface area contributed by atoms with Crippen LogP contribution in [0.3, 0.4) is 0 Å². The molecule has 0 radical (unpaired) electrons. The van der Waals surface area contributed by atoms with Crippen LogP contribution >= 0.6 is 0 Å². The highest BCUT2D eigenvalue weighted by atomic mass is 16.5. The molecule has 84 valence electrons. The summed E-state index contributed by atoms with van der Waals surface area (Å²) < 4.78 is 4.92. The van der Waals surface area contributed by atoms with E-state index >= 15 is 0 Å². The van der Waals surface area contributed by atoms with Crippen molar-refractivity contribution in [2.75, 3.05) is 5.73 Å². The molecule has 0 unspecified atom stereocenters. The first-order valence-electron chi connectivity index (χ1n) is 5.89. The van der Waals surface area contributed by atoms with Crippen LogP contribution in [-0.4, -0.2) is 5.16 Å². The van der Waals surface area contributed by atoms with Gasteiger partial charge in [-0.05, 0) is 37.5 Å². The third kappa shape index (κ3) is 2.33. The third-order valence-corrected chi connectivity index (χ3v) is 3.68. The second-order valence-electron chi connectivity index (χ2n) is 5.01. The minimum Gasteiger partial charge on any atom is -0.368 e. The predicted molar refractivity (Wildman–Crippen MR) is 60.5 cm³/mol. The number of nitrogens with two attached hydrogens (primary N) is 1. The van der Waals surface area contributed by atoms with Gasteiger partial charge in [-0.2, -0.15) is 0 Å². The highest BCUT2D eigenvalue weighted by Gasteiger charge is 2.25. The highest BCUT2D eigenvalue weighted by molar-refractivity contribution is 5.26. The molecule has 1 heterocycles. The minimum absolute atomic E-state index is 0.441. The smallest absolute Gasteiger partial charge is 0.222 e. The van der Waals surface area contributed by atoms with E-state index in [1.807, 2.05) is 6.07 Å². The molecule has 0 spiro atoms. The van der Waals surface area contributed by atoms with Crippen LogP contribution in [0.4, 0.5) is 5.88 Å². The fourth-order valence-corrected chi connectivity index (χ4v) is 2.58. The zero-order valence-electron chi connectivity index (χ0n) is 9.57. The van der Waals surface area contributed by atoms with Crippen molar-refractivity contribution >= 4 is 5.88 Å². The average Bonchev–Trinajstić information content (AvgIpc) is 2.65. The van der Waals surface area contributed by atoms with Gasteiger partial charge in [0.1, 0.15) is 0 Å². The zero-order valence-corrected chi connectivity index (χ0v) is 9.57. The van der Waals surface area contributed by atoms with Crippen molar-refractivity contribution in [2.24, 2.45) is 11.8 Å². The molecule has 3 heteroatoms. The number of nitrogen functional groups attached to an aromatic ring is 1. The summed E-state index contributed by atoms with van der Waals surface area (Å²) in [6, 6.07) is 1.88. The first-order valence-corrected chi connectivity index (χ1v) is 5.89. The summed E-state index contributed by atoms with van der Waals surface area (Å²) in [5, 5.41) is 4.01. The third-order valence-electron chi connectivity index (χ3n) is 3.68. The Bertz CT molecular complexity index is 311. The maximum Gasteiger partial charge on any atom is 0.222 e. The molecular formula is C12H20N2O. The molecule has 0 atom stereocenters. The normalized spacial score (nSPS) is 27.1. The maximum absolute atomic E-state index is 5.53. The van der Waals surface area contributed by atoms with Gasteiger partial charge in [-0.1, -0.05) is 19.0 Å². The van der Waals surface area contributed by atoms with Crippen LogP contribution in [-0.2, 0) is 0 Å². The van der Waals surface area contributed by atoms with Crippen molar-refractivity contribution in [1.82, 2.24) is 5.16 Å². The molecule has 0 saturated heterocycles. The number of aromatic nitrogens is 1. The van der Waals surface area contributed by atoms with Gasteiger partial charge in [0.15, 0.2) is 0 Å². The molecule has 1 saturated carbocycles. The summed E-state index contributed by atoms with van der Waals surface area (Å²) in [5.41, 5.74) is 6.58. The number of hydrogen-bond acceptors (Lipinski definition) is 3. The van der Waals surface area contributed by atoms with Crippen LogP contribution in [0.2, 0.25) is 0 Å². The van der Waals surface area contributed by atoms with Crippen LogP contribution in [0.15, 0.2) is 10.6 Å². The minimum atomic E-state index is 0.441. The Morgan fingerprint density at radius 1 is 1.33 bits per heavy atom. The lowest BCUT2D eigenvalue weighted by Crippen LogP contribution is -2.17. The van der Waals surface area contributed by atoms with Gasteiger partial charge in [0.25, 0.3) is 0 Å². The van der Waals surface area contributed by atoms with E-state index in [2.05, 4.69) is 19.0 Å². The number of nitrogens with zero attached hydrogens (tertiary/aromatic N) is 1. The van der Waals surface area contributed by atoms with Crippen molar-refractivity contribution in [3.8, 4) is 0 Å². The van der Waals surface area contributed by atoms with Crippen LogP contribution in [0.5, 0.6) is 0 Å². The van der Waals surface area contributed by atoms with Gasteiger partial charge in [0.05, 0.1) is 5.69 Å². The second kappa shape index (κ2) is 4.25. The molecule has 3 nitrogen and oxygen atoms in total. The van der Waals surface area contributed by atoms with E-state index in [9.17, 15) is 0 Å². The van der Waals surface area contributed by atoms with Crippen molar-refractivity contribution in [1.29, 1.82) is 0 Å². The summed E-state index contributed by atoms with van der Waals surface area (Å²) in [7, 11) is 0. The molecule has 1 fully saturated rings. The van der Waals surface area contributed by atoms with Crippen molar-refractivity contribution in [3.05, 3.63) is 11.8 Å². The first-order chi connectivity index (χ1) is 7.16. The maximum atomic E-state index is 5.53. The van der Waals surface area contributed by atoms with Crippen LogP contribution in [0, 0.1) is 11.8 Å². The van der Waals surface area contributed by atoms with E-state index in [0.717, 1.165) is 17.5 Å². The molecule has 1 aromatic heterocycles. The Hall–Kier alpha value is -0.990. The van der Waals surface area contributed by atoms with E-state index in [-0.39, 0.29) is 0 Å². The molecule has 1 aliphatic rings. The zero-order chi connectivity index (χ0) is 10.8. The molecule has 15 heavy (non-hydrogen) atoms. The summed E-state index contributed by atoms with van der Waals surface area (Å²) in [5.74, 6) is 2.72. The Balaban J connectivity index is 1.93. The Morgan fingerprint density at radius 2 is 2.00 bits per heavy atom. The summed E-state index contributed by atoms with van der Waals surface area (Å²) in [6.07, 6.45) is 5.09. The molecule has 2 N–H and O–H groups in total. The predicted octanol–water partition coefficient (Wildman–Crippen LogP) is 3.19. The topological polar surface area (TPSA) is 52.0 Å². The van der Waals surface area contributed by atoms with Gasteiger partial charge >= 0.3 is 0 Å². The lowest BCUT2D eigenvalue weighted by molar-refractivity contribution is 0.253. The molecule has 0 bridgehead atoms. The van der Waals surface area contributed by atoms with Gasteiger partial charge < -0.3 is 10.3 Å². The van der Waals surface area contributed by atoms with E-state index in [4.69, 9.17) is 10.3 Å². The monoisotopic (exact) mass is 208 g/mol. The number of anilines is 1. The fourth-order valence-electron chi connectivity index (χ4n) is 2.58. The van der Waals surface area contributed by atoms with Gasteiger partial charge in [-0.25, -0.2) is 0 Å². The highest BCUT2D eigenvalue weighted by Crippen LogP contribution is 2.38. The number of hydrogen-bond donors (Lipinski definition) is 1. The van der Waals surface area contributed by atoms with Gasteiger partial charge in [0.2, 0.25) is 5.88 Å². The van der Waals surface area contributed by atoms with E-state index in [0.29, 0.717) is 11.8 Å². The Kier molecular flexibility index (Phi) is 2.98. The largest absolute Gasteiger partial charge is 0.368 e. The Labute approximate surface area is 91.0 Å². The summed E-state index contributed by atoms with van der Waals surface area (Å²) >= 11 is 0. The van der Waals surface area contributed by atoms with Crippen LogP contribution < -0.4 is 5.73 Å². The molecule has 0 amide bonds. The van der Waals surface area contributed by atoms with Crippen molar-refractivity contribution < 1.29 is 4.52 Å². The molecule has 1 aliphatic carbocycles. The quantitative estimate of drug-likeness (QED) is 0.812. The lowest BCUT2D eigenvalue weighted by atomic mass is 9.76.